The Morgan fingerprint density at radius 2 is 1.58 bits per heavy atom. The van der Waals surface area contributed by atoms with E-state index in [9.17, 15) is 30.0 Å². The van der Waals surface area contributed by atoms with Gasteiger partial charge in [-0.15, -0.1) is 0 Å². The summed E-state index contributed by atoms with van der Waals surface area (Å²) in [5.41, 5.74) is 0.973. The number of phenols is 4. The van der Waals surface area contributed by atoms with Crippen molar-refractivity contribution in [1.82, 2.24) is 0 Å². The molecule has 0 aliphatic carbocycles. The van der Waals surface area contributed by atoms with Gasteiger partial charge in [0.1, 0.15) is 0 Å². The summed E-state index contributed by atoms with van der Waals surface area (Å²) in [5.74, 6) is -2.36. The summed E-state index contributed by atoms with van der Waals surface area (Å²) >= 11 is 0. The Balaban J connectivity index is 2.05. The number of hydrogen-bond acceptors (Lipinski definition) is 7. The molecule has 2 aromatic rings. The average molecular weight is 358 g/mol. The van der Waals surface area contributed by atoms with Crippen LogP contribution < -0.4 is 0 Å². The third-order valence-electron chi connectivity index (χ3n) is 3.58. The highest BCUT2D eigenvalue weighted by Gasteiger charge is 2.19. The molecule has 4 N–H and O–H groups in total. The number of phenolic OH excluding ortho intramolecular Hbond substituents is 4. The summed E-state index contributed by atoms with van der Waals surface area (Å²) in [6.45, 7) is 1.28. The van der Waals surface area contributed by atoms with Crippen LogP contribution in [0.5, 0.6) is 23.0 Å². The van der Waals surface area contributed by atoms with Crippen molar-refractivity contribution < 1.29 is 34.8 Å². The normalized spacial score (nSPS) is 12.0. The predicted octanol–water partition coefficient (Wildman–Crippen LogP) is 2.27. The summed E-state index contributed by atoms with van der Waals surface area (Å²) in [4.78, 5) is 23.6. The molecule has 0 unspecified atom stereocenters. The number of Topliss-reactive ketones (excluding diaryl/α,β-unsaturated/α-hetero) is 1. The Labute approximate surface area is 149 Å². The molecule has 7 heteroatoms. The van der Waals surface area contributed by atoms with Crippen LogP contribution in [0.25, 0.3) is 6.08 Å². The maximum atomic E-state index is 11.9. The maximum Gasteiger partial charge on any atom is 0.331 e. The first-order valence-corrected chi connectivity index (χ1v) is 7.68. The highest BCUT2D eigenvalue weighted by Crippen LogP contribution is 2.26. The van der Waals surface area contributed by atoms with E-state index in [1.165, 1.54) is 49.4 Å². The first-order valence-electron chi connectivity index (χ1n) is 7.68. The summed E-state index contributed by atoms with van der Waals surface area (Å²) < 4.78 is 5.13. The Kier molecular flexibility index (Phi) is 5.85. The van der Waals surface area contributed by atoms with Crippen molar-refractivity contribution in [2.45, 2.75) is 19.4 Å². The van der Waals surface area contributed by atoms with Gasteiger partial charge < -0.3 is 25.2 Å². The molecular formula is C19H18O7. The first-order chi connectivity index (χ1) is 12.3. The van der Waals surface area contributed by atoms with Crippen LogP contribution in [-0.4, -0.2) is 38.3 Å². The fraction of sp³-hybridized carbons (Fsp3) is 0.158. The van der Waals surface area contributed by atoms with Gasteiger partial charge in [-0.2, -0.15) is 0 Å². The Morgan fingerprint density at radius 1 is 0.962 bits per heavy atom. The molecule has 2 aromatic carbocycles. The van der Waals surface area contributed by atoms with Gasteiger partial charge in [0, 0.05) is 12.5 Å². The van der Waals surface area contributed by atoms with Crippen molar-refractivity contribution in [3.63, 3.8) is 0 Å². The van der Waals surface area contributed by atoms with E-state index in [1.54, 1.807) is 0 Å². The molecule has 0 bridgehead atoms. The zero-order valence-corrected chi connectivity index (χ0v) is 13.9. The standard InChI is InChI=1S/C19H18O7/c1-11(20)18(10-13-3-6-15(22)17(24)9-13)26-19(25)7-4-12-2-5-14(21)16(23)8-12/h2-9,18,21-24H,10H2,1H3/t18-/m1/s1. The van der Waals surface area contributed by atoms with E-state index in [2.05, 4.69) is 0 Å². The topological polar surface area (TPSA) is 124 Å². The molecular weight excluding hydrogens is 340 g/mol. The van der Waals surface area contributed by atoms with Gasteiger partial charge in [0.25, 0.3) is 0 Å². The molecule has 26 heavy (non-hydrogen) atoms. The maximum absolute atomic E-state index is 11.9. The number of aromatic hydroxyl groups is 4. The smallest absolute Gasteiger partial charge is 0.331 e. The molecule has 0 aliphatic heterocycles. The lowest BCUT2D eigenvalue weighted by atomic mass is 10.0. The molecule has 7 nitrogen and oxygen atoms in total. The first kappa shape index (κ1) is 18.9. The number of carbonyl (C=O) groups is 2. The molecule has 136 valence electrons. The monoisotopic (exact) mass is 358 g/mol. The molecule has 1 atom stereocenters. The third-order valence-corrected chi connectivity index (χ3v) is 3.58. The van der Waals surface area contributed by atoms with Gasteiger partial charge in [-0.05, 0) is 48.4 Å². The number of ketones is 1. The van der Waals surface area contributed by atoms with Crippen molar-refractivity contribution in [1.29, 1.82) is 0 Å². The van der Waals surface area contributed by atoms with Crippen LogP contribution in [0, 0.1) is 0 Å². The zero-order valence-electron chi connectivity index (χ0n) is 13.9. The number of hydrogen-bond donors (Lipinski definition) is 4. The Morgan fingerprint density at radius 3 is 2.15 bits per heavy atom. The van der Waals surface area contributed by atoms with Gasteiger partial charge in [-0.3, -0.25) is 4.79 Å². The lowest BCUT2D eigenvalue weighted by molar-refractivity contribution is -0.149. The minimum Gasteiger partial charge on any atom is -0.504 e. The molecule has 0 radical (unpaired) electrons. The quantitative estimate of drug-likeness (QED) is 0.355. The summed E-state index contributed by atoms with van der Waals surface area (Å²) in [7, 11) is 0. The molecule has 0 aromatic heterocycles. The Bertz CT molecular complexity index is 855. The number of rotatable bonds is 6. The molecule has 0 saturated heterocycles. The molecule has 0 aliphatic rings. The summed E-state index contributed by atoms with van der Waals surface area (Å²) in [6, 6.07) is 8.10. The predicted molar refractivity (Wildman–Crippen MR) is 92.8 cm³/mol. The van der Waals surface area contributed by atoms with Crippen molar-refractivity contribution >= 4 is 17.8 Å². The number of ether oxygens (including phenoxy) is 1. The van der Waals surface area contributed by atoms with Gasteiger partial charge >= 0.3 is 5.97 Å². The second-order valence-electron chi connectivity index (χ2n) is 5.64. The summed E-state index contributed by atoms with van der Waals surface area (Å²) in [6.07, 6.45) is 1.45. The van der Waals surface area contributed by atoms with E-state index in [0.29, 0.717) is 11.1 Å². The van der Waals surface area contributed by atoms with Crippen molar-refractivity contribution in [2.24, 2.45) is 0 Å². The van der Waals surface area contributed by atoms with Gasteiger partial charge in [0.15, 0.2) is 34.9 Å². The third kappa shape index (κ3) is 5.01. The fourth-order valence-electron chi connectivity index (χ4n) is 2.17. The van der Waals surface area contributed by atoms with E-state index < -0.39 is 12.1 Å². The van der Waals surface area contributed by atoms with Gasteiger partial charge in [0.2, 0.25) is 0 Å². The van der Waals surface area contributed by atoms with Crippen LogP contribution >= 0.6 is 0 Å². The lowest BCUT2D eigenvalue weighted by Crippen LogP contribution is -2.26. The van der Waals surface area contributed by atoms with E-state index in [4.69, 9.17) is 4.74 Å². The molecule has 0 spiro atoms. The van der Waals surface area contributed by atoms with Crippen molar-refractivity contribution in [3.8, 4) is 23.0 Å². The lowest BCUT2D eigenvalue weighted by Gasteiger charge is -2.14. The number of esters is 1. The van der Waals surface area contributed by atoms with Crippen LogP contribution in [0.4, 0.5) is 0 Å². The van der Waals surface area contributed by atoms with E-state index in [1.807, 2.05) is 0 Å². The molecule has 0 amide bonds. The minimum absolute atomic E-state index is 0.0444. The molecule has 0 heterocycles. The van der Waals surface area contributed by atoms with Crippen molar-refractivity contribution in [2.75, 3.05) is 0 Å². The van der Waals surface area contributed by atoms with Gasteiger partial charge in [0.05, 0.1) is 0 Å². The fourth-order valence-corrected chi connectivity index (χ4v) is 2.17. The molecule has 0 saturated carbocycles. The summed E-state index contributed by atoms with van der Waals surface area (Å²) in [5, 5.41) is 37.4. The van der Waals surface area contributed by atoms with Crippen LogP contribution in [0.3, 0.4) is 0 Å². The zero-order chi connectivity index (χ0) is 19.3. The van der Waals surface area contributed by atoms with Gasteiger partial charge in [-0.25, -0.2) is 4.79 Å². The van der Waals surface area contributed by atoms with Crippen molar-refractivity contribution in [3.05, 3.63) is 53.6 Å². The van der Waals surface area contributed by atoms with E-state index in [0.717, 1.165) is 6.08 Å². The number of benzene rings is 2. The van der Waals surface area contributed by atoms with Crippen LogP contribution in [0.15, 0.2) is 42.5 Å². The van der Waals surface area contributed by atoms with E-state index >= 15 is 0 Å². The largest absolute Gasteiger partial charge is 0.504 e. The SMILES string of the molecule is CC(=O)[C@@H](Cc1ccc(O)c(O)c1)OC(=O)C=Cc1ccc(O)c(O)c1. The number of carbonyl (C=O) groups excluding carboxylic acids is 2. The minimum atomic E-state index is -1.05. The highest BCUT2D eigenvalue weighted by molar-refractivity contribution is 5.90. The second kappa shape index (κ2) is 8.06. The van der Waals surface area contributed by atoms with Crippen LogP contribution in [-0.2, 0) is 20.7 Å². The van der Waals surface area contributed by atoms with Crippen LogP contribution in [0.1, 0.15) is 18.1 Å². The average Bonchev–Trinajstić information content (AvgIpc) is 2.58. The van der Waals surface area contributed by atoms with Crippen LogP contribution in [0.2, 0.25) is 0 Å². The molecule has 2 rings (SSSR count). The molecule has 0 fully saturated rings. The second-order valence-corrected chi connectivity index (χ2v) is 5.64. The van der Waals surface area contributed by atoms with E-state index in [-0.39, 0.29) is 35.2 Å². The highest BCUT2D eigenvalue weighted by atomic mass is 16.5. The van der Waals surface area contributed by atoms with Gasteiger partial charge in [-0.1, -0.05) is 12.1 Å². The Hall–Kier alpha value is -3.48.